The van der Waals surface area contributed by atoms with Crippen LogP contribution < -0.4 is 5.32 Å². The molecule has 0 amide bonds. The van der Waals surface area contributed by atoms with Crippen LogP contribution in [0, 0.1) is 18.6 Å². The molecule has 1 atom stereocenters. The average molecular weight is 291 g/mol. The molecule has 110 valence electrons. The normalized spacial score (nSPS) is 12.0. The first-order valence-electron chi connectivity index (χ1n) is 6.44. The van der Waals surface area contributed by atoms with Crippen molar-refractivity contribution in [1.82, 2.24) is 0 Å². The van der Waals surface area contributed by atoms with E-state index in [0.29, 0.717) is 6.07 Å². The maximum Gasteiger partial charge on any atom is 0.338 e. The van der Waals surface area contributed by atoms with Gasteiger partial charge in [-0.1, -0.05) is 29.8 Å². The van der Waals surface area contributed by atoms with Crippen molar-refractivity contribution in [2.75, 3.05) is 5.32 Å². The Balaban J connectivity index is 2.31. The Morgan fingerprint density at radius 1 is 1.19 bits per heavy atom. The molecule has 0 aliphatic carbocycles. The smallest absolute Gasteiger partial charge is 0.338 e. The van der Waals surface area contributed by atoms with Crippen molar-refractivity contribution in [3.8, 4) is 0 Å². The van der Waals surface area contributed by atoms with Crippen LogP contribution in [-0.4, -0.2) is 11.1 Å². The number of aryl methyl sites for hydroxylation is 1. The molecule has 3 nitrogen and oxygen atoms in total. The van der Waals surface area contributed by atoms with Crippen molar-refractivity contribution in [1.29, 1.82) is 0 Å². The fraction of sp³-hybridized carbons (Fsp3) is 0.188. The zero-order valence-electron chi connectivity index (χ0n) is 11.7. The highest BCUT2D eigenvalue weighted by Gasteiger charge is 2.16. The average Bonchev–Trinajstić information content (AvgIpc) is 2.41. The van der Waals surface area contributed by atoms with Crippen molar-refractivity contribution in [2.24, 2.45) is 0 Å². The molecule has 2 aromatic rings. The van der Waals surface area contributed by atoms with Gasteiger partial charge in [-0.2, -0.15) is 0 Å². The monoisotopic (exact) mass is 291 g/mol. The molecule has 0 saturated heterocycles. The molecule has 0 saturated carbocycles. The molecular formula is C16H15F2NO2. The summed E-state index contributed by atoms with van der Waals surface area (Å²) >= 11 is 0. The Labute approximate surface area is 121 Å². The van der Waals surface area contributed by atoms with Crippen LogP contribution in [0.4, 0.5) is 14.5 Å². The summed E-state index contributed by atoms with van der Waals surface area (Å²) in [4.78, 5) is 10.9. The highest BCUT2D eigenvalue weighted by molar-refractivity contribution is 5.89. The lowest BCUT2D eigenvalue weighted by Gasteiger charge is -2.17. The summed E-state index contributed by atoms with van der Waals surface area (Å²) in [5.41, 5.74) is 1.39. The van der Waals surface area contributed by atoms with E-state index < -0.39 is 23.2 Å². The topological polar surface area (TPSA) is 49.3 Å². The van der Waals surface area contributed by atoms with Gasteiger partial charge in [0.1, 0.15) is 11.6 Å². The quantitative estimate of drug-likeness (QED) is 0.890. The number of hydrogen-bond donors (Lipinski definition) is 2. The second-order valence-corrected chi connectivity index (χ2v) is 4.90. The summed E-state index contributed by atoms with van der Waals surface area (Å²) in [6, 6.07) is 8.95. The summed E-state index contributed by atoms with van der Waals surface area (Å²) in [5.74, 6) is -3.34. The van der Waals surface area contributed by atoms with Crippen molar-refractivity contribution in [3.05, 3.63) is 64.7 Å². The van der Waals surface area contributed by atoms with Crippen LogP contribution in [0.2, 0.25) is 0 Å². The lowest BCUT2D eigenvalue weighted by atomic mass is 10.1. The molecule has 21 heavy (non-hydrogen) atoms. The Bertz CT molecular complexity index is 686. The van der Waals surface area contributed by atoms with E-state index >= 15 is 0 Å². The van der Waals surface area contributed by atoms with E-state index in [4.69, 9.17) is 5.11 Å². The third-order valence-corrected chi connectivity index (χ3v) is 3.20. The van der Waals surface area contributed by atoms with Gasteiger partial charge in [-0.25, -0.2) is 13.6 Å². The maximum absolute atomic E-state index is 13.8. The number of carbonyl (C=O) groups is 1. The number of carboxylic acid groups (broad SMARTS) is 1. The summed E-state index contributed by atoms with van der Waals surface area (Å²) in [7, 11) is 0. The number of anilines is 1. The fourth-order valence-electron chi connectivity index (χ4n) is 2.08. The van der Waals surface area contributed by atoms with Gasteiger partial charge in [0.2, 0.25) is 0 Å². The first-order valence-corrected chi connectivity index (χ1v) is 6.44. The van der Waals surface area contributed by atoms with E-state index in [-0.39, 0.29) is 11.7 Å². The van der Waals surface area contributed by atoms with Gasteiger partial charge in [0.15, 0.2) is 0 Å². The van der Waals surface area contributed by atoms with Gasteiger partial charge in [0.05, 0.1) is 11.3 Å². The number of carboxylic acids is 1. The Kier molecular flexibility index (Phi) is 4.21. The minimum atomic E-state index is -1.43. The first kappa shape index (κ1) is 15.0. The molecule has 0 fully saturated rings. The molecule has 0 aromatic heterocycles. The van der Waals surface area contributed by atoms with Crippen LogP contribution in [0.5, 0.6) is 0 Å². The third kappa shape index (κ3) is 3.37. The van der Waals surface area contributed by atoms with Gasteiger partial charge < -0.3 is 10.4 Å². The van der Waals surface area contributed by atoms with Gasteiger partial charge in [-0.15, -0.1) is 0 Å². The molecule has 1 unspecified atom stereocenters. The minimum absolute atomic E-state index is 0.0391. The Hall–Kier alpha value is -2.43. The predicted molar refractivity (Wildman–Crippen MR) is 76.5 cm³/mol. The molecule has 2 N–H and O–H groups in total. The molecular weight excluding hydrogens is 276 g/mol. The fourth-order valence-corrected chi connectivity index (χ4v) is 2.08. The van der Waals surface area contributed by atoms with Crippen LogP contribution in [0.3, 0.4) is 0 Å². The molecule has 0 aliphatic rings. The molecule has 5 heteroatoms. The number of halogens is 2. The number of nitrogens with one attached hydrogen (secondary N) is 1. The van der Waals surface area contributed by atoms with Crippen LogP contribution in [-0.2, 0) is 0 Å². The van der Waals surface area contributed by atoms with Gasteiger partial charge in [-0.05, 0) is 25.5 Å². The summed E-state index contributed by atoms with van der Waals surface area (Å²) in [6.45, 7) is 3.76. The largest absolute Gasteiger partial charge is 0.478 e. The van der Waals surface area contributed by atoms with E-state index in [2.05, 4.69) is 5.32 Å². The van der Waals surface area contributed by atoms with E-state index in [0.717, 1.165) is 17.2 Å². The van der Waals surface area contributed by atoms with Crippen LogP contribution >= 0.6 is 0 Å². The third-order valence-electron chi connectivity index (χ3n) is 3.20. The number of rotatable bonds is 4. The lowest BCUT2D eigenvalue weighted by molar-refractivity contribution is 0.0692. The zero-order chi connectivity index (χ0) is 15.6. The van der Waals surface area contributed by atoms with Gasteiger partial charge in [-0.3, -0.25) is 0 Å². The van der Waals surface area contributed by atoms with Crippen molar-refractivity contribution >= 4 is 11.7 Å². The number of hydrogen-bond acceptors (Lipinski definition) is 2. The second-order valence-electron chi connectivity index (χ2n) is 4.90. The van der Waals surface area contributed by atoms with Gasteiger partial charge in [0, 0.05) is 12.1 Å². The molecule has 0 bridgehead atoms. The SMILES string of the molecule is Cc1cccc(C(C)Nc2cc(C(=O)O)c(F)cc2F)c1. The first-order chi connectivity index (χ1) is 9.88. The van der Waals surface area contributed by atoms with Crippen LogP contribution in [0.1, 0.15) is 34.5 Å². The molecule has 2 rings (SSSR count). The molecule has 0 aliphatic heterocycles. The molecule has 0 radical (unpaired) electrons. The molecule has 0 spiro atoms. The maximum atomic E-state index is 13.8. The highest BCUT2D eigenvalue weighted by Crippen LogP contribution is 2.25. The van der Waals surface area contributed by atoms with Gasteiger partial charge >= 0.3 is 5.97 Å². The van der Waals surface area contributed by atoms with Gasteiger partial charge in [0.25, 0.3) is 0 Å². The summed E-state index contributed by atoms with van der Waals surface area (Å²) in [6.07, 6.45) is 0. The Morgan fingerprint density at radius 3 is 2.52 bits per heavy atom. The van der Waals surface area contributed by atoms with Crippen molar-refractivity contribution in [3.63, 3.8) is 0 Å². The second kappa shape index (κ2) is 5.91. The van der Waals surface area contributed by atoms with Crippen LogP contribution in [0.15, 0.2) is 36.4 Å². The minimum Gasteiger partial charge on any atom is -0.478 e. The van der Waals surface area contributed by atoms with E-state index in [1.54, 1.807) is 0 Å². The van der Waals surface area contributed by atoms with E-state index in [1.807, 2.05) is 38.1 Å². The Morgan fingerprint density at radius 2 is 1.90 bits per heavy atom. The number of aromatic carboxylic acids is 1. The highest BCUT2D eigenvalue weighted by atomic mass is 19.1. The predicted octanol–water partition coefficient (Wildman–Crippen LogP) is 4.14. The van der Waals surface area contributed by atoms with E-state index in [1.165, 1.54) is 0 Å². The van der Waals surface area contributed by atoms with E-state index in [9.17, 15) is 13.6 Å². The summed E-state index contributed by atoms with van der Waals surface area (Å²) in [5, 5.41) is 11.7. The number of benzene rings is 2. The molecule has 0 heterocycles. The van der Waals surface area contributed by atoms with Crippen LogP contribution in [0.25, 0.3) is 0 Å². The van der Waals surface area contributed by atoms with Crippen molar-refractivity contribution in [2.45, 2.75) is 19.9 Å². The standard InChI is InChI=1S/C16H15F2NO2/c1-9-4-3-5-11(6-9)10(2)19-15-7-12(16(20)21)13(17)8-14(15)18/h3-8,10,19H,1-2H3,(H,20,21). The zero-order valence-corrected chi connectivity index (χ0v) is 11.7. The van der Waals surface area contributed by atoms with Crippen molar-refractivity contribution < 1.29 is 18.7 Å². The lowest BCUT2D eigenvalue weighted by Crippen LogP contribution is -2.10. The molecule has 2 aromatic carbocycles. The summed E-state index contributed by atoms with van der Waals surface area (Å²) < 4.78 is 27.1.